The van der Waals surface area contributed by atoms with Crippen molar-refractivity contribution in [2.45, 2.75) is 25.3 Å². The van der Waals surface area contributed by atoms with Crippen molar-refractivity contribution in [3.63, 3.8) is 0 Å². The van der Waals surface area contributed by atoms with E-state index in [4.69, 9.17) is 28.9 Å². The molecule has 7 nitrogen and oxygen atoms in total. The van der Waals surface area contributed by atoms with E-state index in [0.717, 1.165) is 24.8 Å². The Morgan fingerprint density at radius 3 is 2.61 bits per heavy atom. The van der Waals surface area contributed by atoms with Gasteiger partial charge in [0.25, 0.3) is 0 Å². The average molecular weight is 421 g/mol. The number of amides is 3. The minimum atomic E-state index is -0.810. The minimum Gasteiger partial charge on any atom is -0.366 e. The van der Waals surface area contributed by atoms with Gasteiger partial charge in [0.05, 0.1) is 33.5 Å². The zero-order valence-corrected chi connectivity index (χ0v) is 16.3. The number of primary amides is 1. The second kappa shape index (κ2) is 8.58. The topological polar surface area (TPSA) is 105 Å². The third-order valence-corrected chi connectivity index (χ3v) is 5.31. The van der Waals surface area contributed by atoms with Gasteiger partial charge in [0, 0.05) is 12.7 Å². The maximum Gasteiger partial charge on any atom is 0.313 e. The van der Waals surface area contributed by atoms with E-state index in [1.54, 1.807) is 12.1 Å². The van der Waals surface area contributed by atoms with E-state index >= 15 is 0 Å². The molecular formula is C19H18Cl2N4O3. The van der Waals surface area contributed by atoms with Gasteiger partial charge in [0.15, 0.2) is 0 Å². The highest BCUT2D eigenvalue weighted by Crippen LogP contribution is 2.34. The van der Waals surface area contributed by atoms with Gasteiger partial charge in [-0.1, -0.05) is 29.3 Å². The molecule has 1 aliphatic heterocycles. The zero-order chi connectivity index (χ0) is 20.3. The van der Waals surface area contributed by atoms with Crippen LogP contribution in [-0.2, 0) is 9.59 Å². The van der Waals surface area contributed by atoms with Gasteiger partial charge < -0.3 is 16.0 Å². The first-order valence-electron chi connectivity index (χ1n) is 8.68. The molecule has 1 aliphatic rings. The van der Waals surface area contributed by atoms with E-state index in [-0.39, 0.29) is 17.3 Å². The molecule has 1 fully saturated rings. The lowest BCUT2D eigenvalue weighted by atomic mass is 9.95. The largest absolute Gasteiger partial charge is 0.366 e. The highest BCUT2D eigenvalue weighted by Gasteiger charge is 2.32. The Balaban J connectivity index is 1.78. The van der Waals surface area contributed by atoms with Crippen molar-refractivity contribution < 1.29 is 14.4 Å². The predicted molar refractivity (Wildman–Crippen MR) is 106 cm³/mol. The van der Waals surface area contributed by atoms with Crippen LogP contribution < -0.4 is 11.1 Å². The zero-order valence-electron chi connectivity index (χ0n) is 14.8. The number of nitrogens with two attached hydrogens (primary N) is 1. The lowest BCUT2D eigenvalue weighted by Crippen LogP contribution is -2.44. The number of hydrogen-bond donors (Lipinski definition) is 2. The summed E-state index contributed by atoms with van der Waals surface area (Å²) in [4.78, 5) is 41.9. The van der Waals surface area contributed by atoms with E-state index < -0.39 is 17.7 Å². The highest BCUT2D eigenvalue weighted by atomic mass is 35.5. The second-order valence-electron chi connectivity index (χ2n) is 6.46. The first kappa shape index (κ1) is 20.1. The van der Waals surface area contributed by atoms with E-state index in [1.807, 2.05) is 6.07 Å². The number of piperidine rings is 1. The third kappa shape index (κ3) is 4.43. The van der Waals surface area contributed by atoms with Gasteiger partial charge in [-0.2, -0.15) is 0 Å². The van der Waals surface area contributed by atoms with E-state index in [1.165, 1.54) is 23.4 Å². The lowest BCUT2D eigenvalue weighted by molar-refractivity contribution is -0.145. The molecule has 1 atom stereocenters. The van der Waals surface area contributed by atoms with Crippen LogP contribution in [0.4, 0.5) is 5.69 Å². The molecular weight excluding hydrogens is 403 g/mol. The number of halogens is 2. The summed E-state index contributed by atoms with van der Waals surface area (Å²) in [6, 6.07) is 6.31. The molecule has 9 heteroatoms. The monoisotopic (exact) mass is 420 g/mol. The molecule has 3 amide bonds. The number of rotatable bonds is 3. The van der Waals surface area contributed by atoms with Gasteiger partial charge in [0.1, 0.15) is 0 Å². The van der Waals surface area contributed by atoms with Crippen LogP contribution >= 0.6 is 23.2 Å². The van der Waals surface area contributed by atoms with Gasteiger partial charge in [-0.05, 0) is 43.0 Å². The first-order chi connectivity index (χ1) is 13.4. The molecule has 0 aliphatic carbocycles. The van der Waals surface area contributed by atoms with Crippen molar-refractivity contribution in [2.75, 3.05) is 11.9 Å². The standard InChI is InChI=1S/C19H18Cl2N4O3/c20-14-5-4-11(8-15(14)21)16-3-1-2-6-25(16)19(28)18(27)24-13-7-12(17(22)26)9-23-10-13/h4-5,7-10,16H,1-3,6H2,(H2,22,26)(H,24,27)/t16-/m0/s1. The number of nitrogens with one attached hydrogen (secondary N) is 1. The summed E-state index contributed by atoms with van der Waals surface area (Å²) in [5, 5.41) is 3.31. The molecule has 0 saturated carbocycles. The molecule has 1 aromatic carbocycles. The van der Waals surface area contributed by atoms with Gasteiger partial charge in [-0.25, -0.2) is 0 Å². The van der Waals surface area contributed by atoms with Crippen molar-refractivity contribution in [3.05, 3.63) is 57.8 Å². The number of hydrogen-bond acceptors (Lipinski definition) is 4. The van der Waals surface area contributed by atoms with Crippen molar-refractivity contribution >= 4 is 46.6 Å². The fourth-order valence-electron chi connectivity index (χ4n) is 3.20. The molecule has 3 N–H and O–H groups in total. The number of benzene rings is 1. The van der Waals surface area contributed by atoms with Crippen LogP contribution in [-0.4, -0.2) is 34.2 Å². The summed E-state index contributed by atoms with van der Waals surface area (Å²) < 4.78 is 0. The summed E-state index contributed by atoms with van der Waals surface area (Å²) >= 11 is 12.1. The fourth-order valence-corrected chi connectivity index (χ4v) is 3.51. The van der Waals surface area contributed by atoms with Crippen LogP contribution in [0.1, 0.15) is 41.2 Å². The summed E-state index contributed by atoms with van der Waals surface area (Å²) in [5.41, 5.74) is 6.39. The molecule has 1 saturated heterocycles. The third-order valence-electron chi connectivity index (χ3n) is 4.57. The van der Waals surface area contributed by atoms with Crippen LogP contribution in [0.2, 0.25) is 10.0 Å². The Hall–Kier alpha value is -2.64. The Kier molecular flexibility index (Phi) is 6.16. The lowest BCUT2D eigenvalue weighted by Gasteiger charge is -2.35. The Labute approximate surface area is 171 Å². The predicted octanol–water partition coefficient (Wildman–Crippen LogP) is 3.18. The molecule has 0 bridgehead atoms. The van der Waals surface area contributed by atoms with Crippen LogP contribution in [0, 0.1) is 0 Å². The van der Waals surface area contributed by atoms with Crippen molar-refractivity contribution in [2.24, 2.45) is 5.73 Å². The SMILES string of the molecule is NC(=O)c1cncc(NC(=O)C(=O)N2CCCC[C@H]2c2ccc(Cl)c(Cl)c2)c1. The Morgan fingerprint density at radius 1 is 1.11 bits per heavy atom. The summed E-state index contributed by atoms with van der Waals surface area (Å²) in [6.45, 7) is 0.455. The molecule has 0 spiro atoms. The van der Waals surface area contributed by atoms with Crippen molar-refractivity contribution in [3.8, 4) is 0 Å². The summed E-state index contributed by atoms with van der Waals surface area (Å²) in [5.74, 6) is -2.15. The van der Waals surface area contributed by atoms with Crippen LogP contribution in [0.5, 0.6) is 0 Å². The van der Waals surface area contributed by atoms with Gasteiger partial charge in [-0.15, -0.1) is 0 Å². The molecule has 146 valence electrons. The molecule has 0 radical (unpaired) electrons. The Morgan fingerprint density at radius 2 is 1.89 bits per heavy atom. The smallest absolute Gasteiger partial charge is 0.313 e. The van der Waals surface area contributed by atoms with Crippen LogP contribution in [0.25, 0.3) is 0 Å². The number of anilines is 1. The van der Waals surface area contributed by atoms with Gasteiger partial charge >= 0.3 is 11.8 Å². The first-order valence-corrected chi connectivity index (χ1v) is 9.44. The number of likely N-dealkylation sites (tertiary alicyclic amines) is 1. The summed E-state index contributed by atoms with van der Waals surface area (Å²) in [7, 11) is 0. The van der Waals surface area contributed by atoms with Crippen LogP contribution in [0.3, 0.4) is 0 Å². The number of aromatic nitrogens is 1. The molecule has 3 rings (SSSR count). The molecule has 1 aromatic heterocycles. The van der Waals surface area contributed by atoms with Crippen molar-refractivity contribution in [1.82, 2.24) is 9.88 Å². The molecule has 0 unspecified atom stereocenters. The van der Waals surface area contributed by atoms with Gasteiger partial charge in [-0.3, -0.25) is 19.4 Å². The number of carbonyl (C=O) groups excluding carboxylic acids is 3. The fraction of sp³-hybridized carbons (Fsp3) is 0.263. The van der Waals surface area contributed by atoms with Gasteiger partial charge in [0.2, 0.25) is 5.91 Å². The summed E-state index contributed by atoms with van der Waals surface area (Å²) in [6.07, 6.45) is 5.07. The van der Waals surface area contributed by atoms with E-state index in [2.05, 4.69) is 10.3 Å². The molecule has 28 heavy (non-hydrogen) atoms. The molecule has 2 heterocycles. The second-order valence-corrected chi connectivity index (χ2v) is 7.28. The average Bonchev–Trinajstić information content (AvgIpc) is 2.69. The maximum atomic E-state index is 12.8. The quantitative estimate of drug-likeness (QED) is 0.743. The van der Waals surface area contributed by atoms with E-state index in [9.17, 15) is 14.4 Å². The highest BCUT2D eigenvalue weighted by molar-refractivity contribution is 6.42. The van der Waals surface area contributed by atoms with E-state index in [0.29, 0.717) is 16.6 Å². The molecule has 2 aromatic rings. The minimum absolute atomic E-state index is 0.136. The number of nitrogens with zero attached hydrogens (tertiary/aromatic N) is 2. The number of carbonyl (C=O) groups is 3. The van der Waals surface area contributed by atoms with Crippen molar-refractivity contribution in [1.29, 1.82) is 0 Å². The number of pyridine rings is 1. The maximum absolute atomic E-state index is 12.8. The normalized spacial score (nSPS) is 16.5. The Bertz CT molecular complexity index is 935. The van der Waals surface area contributed by atoms with Crippen LogP contribution in [0.15, 0.2) is 36.7 Å².